The lowest BCUT2D eigenvalue weighted by Crippen LogP contribution is -2.44. The SMILES string of the molecule is Cl.O=c1cc(N2CCNCC2)cnn1CCCn1cccn1. The van der Waals surface area contributed by atoms with Crippen molar-refractivity contribution in [2.45, 2.75) is 19.5 Å². The second kappa shape index (κ2) is 7.95. The fourth-order valence-electron chi connectivity index (χ4n) is 2.50. The Morgan fingerprint density at radius 3 is 2.68 bits per heavy atom. The van der Waals surface area contributed by atoms with Crippen LogP contribution in [0.25, 0.3) is 0 Å². The minimum absolute atomic E-state index is 0. The van der Waals surface area contributed by atoms with Crippen molar-refractivity contribution in [1.29, 1.82) is 0 Å². The molecule has 3 rings (SSSR count). The third kappa shape index (κ3) is 4.08. The predicted octanol–water partition coefficient (Wildman–Crippen LogP) is 0.361. The molecule has 2 aromatic heterocycles. The number of hydrogen-bond donors (Lipinski definition) is 1. The van der Waals surface area contributed by atoms with Crippen molar-refractivity contribution >= 4 is 18.1 Å². The minimum Gasteiger partial charge on any atom is -0.368 e. The molecule has 1 N–H and O–H groups in total. The molecule has 2 aromatic rings. The number of anilines is 1. The molecule has 0 saturated carbocycles. The summed E-state index contributed by atoms with van der Waals surface area (Å²) in [6.07, 6.45) is 6.30. The van der Waals surface area contributed by atoms with E-state index in [0.717, 1.165) is 44.8 Å². The fraction of sp³-hybridized carbons (Fsp3) is 0.500. The molecule has 1 fully saturated rings. The molecule has 0 amide bonds. The first kappa shape index (κ1) is 16.5. The maximum Gasteiger partial charge on any atom is 0.268 e. The monoisotopic (exact) mass is 324 g/mol. The van der Waals surface area contributed by atoms with E-state index in [0.29, 0.717) is 6.54 Å². The molecule has 3 heterocycles. The maximum atomic E-state index is 12.1. The second-order valence-corrected chi connectivity index (χ2v) is 5.13. The summed E-state index contributed by atoms with van der Waals surface area (Å²) in [4.78, 5) is 14.3. The molecule has 7 nitrogen and oxygen atoms in total. The molecule has 0 radical (unpaired) electrons. The summed E-state index contributed by atoms with van der Waals surface area (Å²) < 4.78 is 3.38. The van der Waals surface area contributed by atoms with Crippen LogP contribution in [0.5, 0.6) is 0 Å². The lowest BCUT2D eigenvalue weighted by molar-refractivity contribution is 0.485. The Morgan fingerprint density at radius 2 is 2.00 bits per heavy atom. The van der Waals surface area contributed by atoms with Gasteiger partial charge in [0.1, 0.15) is 0 Å². The van der Waals surface area contributed by atoms with Crippen LogP contribution in [-0.4, -0.2) is 45.7 Å². The molecule has 22 heavy (non-hydrogen) atoms. The van der Waals surface area contributed by atoms with Gasteiger partial charge in [-0.1, -0.05) is 0 Å². The summed E-state index contributed by atoms with van der Waals surface area (Å²) in [6.45, 7) is 5.15. The first-order valence-electron chi connectivity index (χ1n) is 7.33. The van der Waals surface area contributed by atoms with Crippen molar-refractivity contribution in [3.8, 4) is 0 Å². The lowest BCUT2D eigenvalue weighted by Gasteiger charge is -2.28. The molecular formula is C14H21ClN6O. The maximum absolute atomic E-state index is 12.1. The van der Waals surface area contributed by atoms with Gasteiger partial charge in [0.25, 0.3) is 5.56 Å². The molecule has 8 heteroatoms. The Kier molecular flexibility index (Phi) is 5.97. The summed E-state index contributed by atoms with van der Waals surface area (Å²) >= 11 is 0. The Bertz CT molecular complexity index is 621. The molecule has 0 atom stereocenters. The number of rotatable bonds is 5. The van der Waals surface area contributed by atoms with Crippen LogP contribution < -0.4 is 15.8 Å². The van der Waals surface area contributed by atoms with Gasteiger partial charge >= 0.3 is 0 Å². The highest BCUT2D eigenvalue weighted by atomic mass is 35.5. The van der Waals surface area contributed by atoms with Crippen LogP contribution in [0.3, 0.4) is 0 Å². The zero-order valence-corrected chi connectivity index (χ0v) is 13.2. The van der Waals surface area contributed by atoms with Crippen molar-refractivity contribution in [3.63, 3.8) is 0 Å². The normalized spacial score (nSPS) is 14.6. The molecule has 0 aromatic carbocycles. The summed E-state index contributed by atoms with van der Waals surface area (Å²) in [6, 6.07) is 3.58. The molecule has 1 aliphatic rings. The number of nitrogens with zero attached hydrogens (tertiary/aromatic N) is 5. The molecule has 120 valence electrons. The average molecular weight is 325 g/mol. The van der Waals surface area contributed by atoms with Crippen molar-refractivity contribution in [2.75, 3.05) is 31.1 Å². The Morgan fingerprint density at radius 1 is 1.18 bits per heavy atom. The van der Waals surface area contributed by atoms with Crippen LogP contribution in [0.2, 0.25) is 0 Å². The van der Waals surface area contributed by atoms with Crippen molar-refractivity contribution in [3.05, 3.63) is 41.1 Å². The third-order valence-electron chi connectivity index (χ3n) is 3.65. The van der Waals surface area contributed by atoms with Gasteiger partial charge in [-0.2, -0.15) is 10.2 Å². The van der Waals surface area contributed by atoms with E-state index in [4.69, 9.17) is 0 Å². The van der Waals surface area contributed by atoms with E-state index in [2.05, 4.69) is 20.4 Å². The Labute approximate surface area is 135 Å². The minimum atomic E-state index is -0.0357. The van der Waals surface area contributed by atoms with E-state index in [1.165, 1.54) is 4.68 Å². The van der Waals surface area contributed by atoms with E-state index in [1.807, 2.05) is 16.9 Å². The second-order valence-electron chi connectivity index (χ2n) is 5.13. The van der Waals surface area contributed by atoms with Gasteiger partial charge in [-0.15, -0.1) is 12.4 Å². The molecule has 0 spiro atoms. The first-order valence-corrected chi connectivity index (χ1v) is 7.33. The van der Waals surface area contributed by atoms with Crippen LogP contribution in [0.15, 0.2) is 35.5 Å². The Hall–Kier alpha value is -1.86. The highest BCUT2D eigenvalue weighted by Crippen LogP contribution is 2.09. The predicted molar refractivity (Wildman–Crippen MR) is 87.7 cm³/mol. The number of nitrogens with one attached hydrogen (secondary N) is 1. The summed E-state index contributed by atoms with van der Waals surface area (Å²) in [5.74, 6) is 0. The molecule has 1 aliphatic heterocycles. The highest BCUT2D eigenvalue weighted by Gasteiger charge is 2.11. The van der Waals surface area contributed by atoms with Crippen LogP contribution in [0.1, 0.15) is 6.42 Å². The van der Waals surface area contributed by atoms with E-state index in [1.54, 1.807) is 18.5 Å². The number of hydrogen-bond acceptors (Lipinski definition) is 5. The smallest absolute Gasteiger partial charge is 0.268 e. The number of aryl methyl sites for hydroxylation is 2. The summed E-state index contributed by atoms with van der Waals surface area (Å²) in [5.41, 5.74) is 0.885. The first-order chi connectivity index (χ1) is 10.3. The van der Waals surface area contributed by atoms with Crippen LogP contribution >= 0.6 is 12.4 Å². The van der Waals surface area contributed by atoms with E-state index < -0.39 is 0 Å². The zero-order valence-electron chi connectivity index (χ0n) is 12.4. The van der Waals surface area contributed by atoms with Gasteiger partial charge in [-0.05, 0) is 12.5 Å². The Balaban J connectivity index is 0.00000176. The zero-order chi connectivity index (χ0) is 14.5. The third-order valence-corrected chi connectivity index (χ3v) is 3.65. The van der Waals surface area contributed by atoms with Crippen molar-refractivity contribution < 1.29 is 0 Å². The largest absolute Gasteiger partial charge is 0.368 e. The fourth-order valence-corrected chi connectivity index (χ4v) is 2.50. The molecule has 0 unspecified atom stereocenters. The van der Waals surface area contributed by atoms with E-state index in [-0.39, 0.29) is 18.0 Å². The van der Waals surface area contributed by atoms with Crippen LogP contribution in [0, 0.1) is 0 Å². The van der Waals surface area contributed by atoms with Gasteiger partial charge in [0, 0.05) is 57.7 Å². The van der Waals surface area contributed by atoms with Gasteiger partial charge < -0.3 is 10.2 Å². The van der Waals surface area contributed by atoms with Gasteiger partial charge in [-0.25, -0.2) is 4.68 Å². The van der Waals surface area contributed by atoms with Gasteiger partial charge in [0.15, 0.2) is 0 Å². The number of piperazine rings is 1. The van der Waals surface area contributed by atoms with Gasteiger partial charge in [0.2, 0.25) is 0 Å². The van der Waals surface area contributed by atoms with Gasteiger partial charge in [0.05, 0.1) is 11.9 Å². The van der Waals surface area contributed by atoms with Crippen molar-refractivity contribution in [1.82, 2.24) is 24.9 Å². The molecule has 1 saturated heterocycles. The molecule has 0 aliphatic carbocycles. The number of halogens is 1. The average Bonchev–Trinajstić information content (AvgIpc) is 3.03. The topological polar surface area (TPSA) is 68.0 Å². The van der Waals surface area contributed by atoms with E-state index in [9.17, 15) is 4.79 Å². The van der Waals surface area contributed by atoms with Crippen LogP contribution in [0.4, 0.5) is 5.69 Å². The lowest BCUT2D eigenvalue weighted by atomic mass is 10.3. The molecule has 0 bridgehead atoms. The van der Waals surface area contributed by atoms with Gasteiger partial charge in [-0.3, -0.25) is 9.48 Å². The summed E-state index contributed by atoms with van der Waals surface area (Å²) in [5, 5.41) is 11.7. The number of aromatic nitrogens is 4. The summed E-state index contributed by atoms with van der Waals surface area (Å²) in [7, 11) is 0. The quantitative estimate of drug-likeness (QED) is 0.860. The standard InChI is InChI=1S/C14H20N6O.ClH/c21-14-11-13(18-9-4-15-5-10-18)12-17-20(14)8-2-7-19-6-1-3-16-19;/h1,3,6,11-12,15H,2,4-5,7-10H2;1H. The van der Waals surface area contributed by atoms with Crippen molar-refractivity contribution in [2.24, 2.45) is 0 Å². The van der Waals surface area contributed by atoms with Crippen LogP contribution in [-0.2, 0) is 13.1 Å². The molecular weight excluding hydrogens is 304 g/mol. The highest BCUT2D eigenvalue weighted by molar-refractivity contribution is 5.85. The van der Waals surface area contributed by atoms with E-state index >= 15 is 0 Å².